The van der Waals surface area contributed by atoms with Crippen LogP contribution >= 0.6 is 0 Å². The van der Waals surface area contributed by atoms with Gasteiger partial charge in [-0.2, -0.15) is 0 Å². The largest absolute Gasteiger partial charge is 0.496 e. The van der Waals surface area contributed by atoms with Crippen molar-refractivity contribution in [1.82, 2.24) is 0 Å². The smallest absolute Gasteiger partial charge is 0.197 e. The van der Waals surface area contributed by atoms with Gasteiger partial charge in [-0.05, 0) is 30.5 Å². The van der Waals surface area contributed by atoms with Gasteiger partial charge in [0.2, 0.25) is 0 Å². The highest BCUT2D eigenvalue weighted by Crippen LogP contribution is 2.39. The summed E-state index contributed by atoms with van der Waals surface area (Å²) in [4.78, 5) is 13.2. The molecule has 0 atom stereocenters. The molecule has 0 unspecified atom stereocenters. The van der Waals surface area contributed by atoms with Gasteiger partial charge in [-0.3, -0.25) is 4.79 Å². The fourth-order valence-corrected chi connectivity index (χ4v) is 5.47. The van der Waals surface area contributed by atoms with Gasteiger partial charge in [0.25, 0.3) is 0 Å². The maximum atomic E-state index is 13.2. The maximum absolute atomic E-state index is 13.2. The first kappa shape index (κ1) is 34.5. The van der Waals surface area contributed by atoms with E-state index in [0.29, 0.717) is 57.5 Å². The van der Waals surface area contributed by atoms with Crippen molar-refractivity contribution in [3.05, 3.63) is 82.0 Å². The van der Waals surface area contributed by atoms with Crippen LogP contribution in [0.15, 0.2) is 69.9 Å². The van der Waals surface area contributed by atoms with E-state index in [4.69, 9.17) is 28.1 Å². The van der Waals surface area contributed by atoms with Crippen molar-refractivity contribution in [3.8, 4) is 46.2 Å². The van der Waals surface area contributed by atoms with Crippen molar-refractivity contribution in [3.63, 3.8) is 0 Å². The van der Waals surface area contributed by atoms with Crippen LogP contribution in [0.4, 0.5) is 0 Å². The number of fused-ring (bicyclic) bond motifs is 1. The summed E-state index contributed by atoms with van der Waals surface area (Å²) in [5.74, 6) is 8.95. The van der Waals surface area contributed by atoms with Gasteiger partial charge in [0, 0.05) is 36.8 Å². The standard InChI is InChI=1S/C39H46O7/c1-41-30-25-36(43-3)38-33(40)27-35(46-37(38)26-30)31-22-23-34(42-2)39(44-4)32(31)21-17-12-10-8-6-5-7-9-11-13-18-24-45-28-29-19-15-14-16-20-29/h14-16,19-20,22-23,25-27H,5-13,18,24,28H2,1-4H3. The minimum Gasteiger partial charge on any atom is -0.496 e. The molecule has 7 heteroatoms. The Morgan fingerprint density at radius 1 is 0.696 bits per heavy atom. The van der Waals surface area contributed by atoms with E-state index in [-0.39, 0.29) is 5.43 Å². The highest BCUT2D eigenvalue weighted by Gasteiger charge is 2.19. The molecule has 0 amide bonds. The Morgan fingerprint density at radius 3 is 2.07 bits per heavy atom. The van der Waals surface area contributed by atoms with Gasteiger partial charge in [-0.25, -0.2) is 0 Å². The molecule has 0 radical (unpaired) electrons. The summed E-state index contributed by atoms with van der Waals surface area (Å²) in [5, 5.41) is 0.351. The van der Waals surface area contributed by atoms with Crippen LogP contribution in [0.2, 0.25) is 0 Å². The zero-order valence-corrected chi connectivity index (χ0v) is 27.6. The summed E-state index contributed by atoms with van der Waals surface area (Å²) < 4.78 is 34.1. The summed E-state index contributed by atoms with van der Waals surface area (Å²) in [6.45, 7) is 1.54. The molecular formula is C39H46O7. The maximum Gasteiger partial charge on any atom is 0.197 e. The minimum atomic E-state index is -0.225. The molecule has 0 N–H and O–H groups in total. The second-order valence-corrected chi connectivity index (χ2v) is 11.2. The van der Waals surface area contributed by atoms with Crippen LogP contribution in [0.1, 0.15) is 75.3 Å². The van der Waals surface area contributed by atoms with E-state index in [9.17, 15) is 4.79 Å². The molecule has 0 bridgehead atoms. The molecule has 46 heavy (non-hydrogen) atoms. The van der Waals surface area contributed by atoms with Gasteiger partial charge in [-0.1, -0.05) is 87.1 Å². The third kappa shape index (κ3) is 9.55. The molecule has 4 rings (SSSR count). The Kier molecular flexibility index (Phi) is 13.9. The molecule has 0 aliphatic heterocycles. The predicted molar refractivity (Wildman–Crippen MR) is 183 cm³/mol. The lowest BCUT2D eigenvalue weighted by Crippen LogP contribution is -2.04. The number of unbranched alkanes of at least 4 members (excludes halogenated alkanes) is 9. The van der Waals surface area contributed by atoms with Crippen LogP contribution < -0.4 is 24.4 Å². The molecule has 0 aliphatic rings. The predicted octanol–water partition coefficient (Wildman–Crippen LogP) is 8.96. The molecule has 0 saturated carbocycles. The van der Waals surface area contributed by atoms with Gasteiger partial charge in [-0.15, -0.1) is 0 Å². The Labute approximate surface area is 272 Å². The van der Waals surface area contributed by atoms with Gasteiger partial charge in [0.05, 0.1) is 40.6 Å². The van der Waals surface area contributed by atoms with E-state index >= 15 is 0 Å². The lowest BCUT2D eigenvalue weighted by atomic mass is 10.0. The number of hydrogen-bond donors (Lipinski definition) is 0. The monoisotopic (exact) mass is 626 g/mol. The molecule has 1 aromatic heterocycles. The normalized spacial score (nSPS) is 10.8. The second kappa shape index (κ2) is 18.5. The van der Waals surface area contributed by atoms with E-state index in [1.807, 2.05) is 24.3 Å². The van der Waals surface area contributed by atoms with Crippen LogP contribution in [0, 0.1) is 11.8 Å². The molecule has 7 nitrogen and oxygen atoms in total. The first-order valence-electron chi connectivity index (χ1n) is 16.1. The van der Waals surface area contributed by atoms with Crippen LogP contribution in [-0.4, -0.2) is 35.0 Å². The minimum absolute atomic E-state index is 0.225. The third-order valence-electron chi connectivity index (χ3n) is 7.95. The first-order chi connectivity index (χ1) is 22.6. The number of methoxy groups -OCH3 is 4. The van der Waals surface area contributed by atoms with E-state index in [2.05, 4.69) is 24.0 Å². The number of hydrogen-bond acceptors (Lipinski definition) is 7. The summed E-state index contributed by atoms with van der Waals surface area (Å²) in [5.41, 5.74) is 2.63. The molecule has 0 spiro atoms. The van der Waals surface area contributed by atoms with Crippen LogP contribution in [0.25, 0.3) is 22.3 Å². The van der Waals surface area contributed by atoms with Crippen molar-refractivity contribution in [2.75, 3.05) is 35.0 Å². The summed E-state index contributed by atoms with van der Waals surface area (Å²) >= 11 is 0. The van der Waals surface area contributed by atoms with Crippen molar-refractivity contribution < 1.29 is 28.1 Å². The number of benzene rings is 3. The molecule has 244 valence electrons. The second-order valence-electron chi connectivity index (χ2n) is 11.2. The highest BCUT2D eigenvalue weighted by molar-refractivity contribution is 5.87. The Bertz CT molecular complexity index is 1650. The quantitative estimate of drug-likeness (QED) is 0.0806. The van der Waals surface area contributed by atoms with Crippen molar-refractivity contribution >= 4 is 11.0 Å². The van der Waals surface area contributed by atoms with E-state index in [1.54, 1.807) is 39.5 Å². The number of rotatable bonds is 18. The van der Waals surface area contributed by atoms with Gasteiger partial charge >= 0.3 is 0 Å². The van der Waals surface area contributed by atoms with Crippen LogP contribution in [0.3, 0.4) is 0 Å². The lowest BCUT2D eigenvalue weighted by Gasteiger charge is -2.14. The van der Waals surface area contributed by atoms with Crippen LogP contribution in [-0.2, 0) is 11.3 Å². The van der Waals surface area contributed by atoms with E-state index in [0.717, 1.165) is 32.3 Å². The average molecular weight is 627 g/mol. The van der Waals surface area contributed by atoms with Gasteiger partial charge in [0.1, 0.15) is 28.2 Å². The van der Waals surface area contributed by atoms with E-state index in [1.165, 1.54) is 57.3 Å². The molecular weight excluding hydrogens is 580 g/mol. The number of ether oxygens (including phenoxy) is 5. The molecule has 4 aromatic rings. The average Bonchev–Trinajstić information content (AvgIpc) is 3.09. The summed E-state index contributed by atoms with van der Waals surface area (Å²) in [6, 6.07) is 18.8. The Morgan fingerprint density at radius 2 is 1.39 bits per heavy atom. The van der Waals surface area contributed by atoms with Crippen molar-refractivity contribution in [2.45, 2.75) is 70.8 Å². The third-order valence-corrected chi connectivity index (χ3v) is 7.95. The van der Waals surface area contributed by atoms with Gasteiger partial charge < -0.3 is 28.1 Å². The Balaban J connectivity index is 1.28. The topological polar surface area (TPSA) is 76.4 Å². The fourth-order valence-electron chi connectivity index (χ4n) is 5.47. The summed E-state index contributed by atoms with van der Waals surface area (Å²) in [7, 11) is 6.23. The summed E-state index contributed by atoms with van der Waals surface area (Å²) in [6.07, 6.45) is 11.6. The SMILES string of the molecule is COc1cc(OC)c2c(=O)cc(-c3ccc(OC)c(OC)c3C#CCCCCCCCCCCCOCc3ccccc3)oc2c1. The van der Waals surface area contributed by atoms with Crippen molar-refractivity contribution in [2.24, 2.45) is 0 Å². The van der Waals surface area contributed by atoms with Crippen molar-refractivity contribution in [1.29, 1.82) is 0 Å². The lowest BCUT2D eigenvalue weighted by molar-refractivity contribution is 0.116. The molecule has 0 fully saturated rings. The first-order valence-corrected chi connectivity index (χ1v) is 16.1. The van der Waals surface area contributed by atoms with Gasteiger partial charge in [0.15, 0.2) is 16.9 Å². The molecule has 0 saturated heterocycles. The zero-order valence-electron chi connectivity index (χ0n) is 27.6. The zero-order chi connectivity index (χ0) is 32.6. The molecule has 1 heterocycles. The van der Waals surface area contributed by atoms with Crippen LogP contribution in [0.5, 0.6) is 23.0 Å². The highest BCUT2D eigenvalue weighted by atomic mass is 16.5. The molecule has 3 aromatic carbocycles. The Hall–Kier alpha value is -4.41. The fraction of sp³-hybridized carbons (Fsp3) is 0.410. The molecule has 0 aliphatic carbocycles. The van der Waals surface area contributed by atoms with E-state index < -0.39 is 0 Å².